The van der Waals surface area contributed by atoms with Gasteiger partial charge in [0, 0.05) is 56.5 Å². The van der Waals surface area contributed by atoms with E-state index in [-0.39, 0.29) is 23.9 Å². The Balaban J connectivity index is 1.41. The van der Waals surface area contributed by atoms with Crippen LogP contribution in [0.1, 0.15) is 60.7 Å². The molecule has 0 spiro atoms. The Morgan fingerprint density at radius 3 is 2.59 bits per heavy atom. The van der Waals surface area contributed by atoms with Crippen LogP contribution in [-0.4, -0.2) is 65.3 Å². The lowest BCUT2D eigenvalue weighted by Crippen LogP contribution is -2.55. The van der Waals surface area contributed by atoms with Gasteiger partial charge in [-0.05, 0) is 54.8 Å². The predicted molar refractivity (Wildman–Crippen MR) is 130 cm³/mol. The number of thiophene rings is 1. The fourth-order valence-electron chi connectivity index (χ4n) is 5.18. The molecule has 32 heavy (non-hydrogen) atoms. The normalized spacial score (nSPS) is 21.5. The maximum Gasteiger partial charge on any atom is 0.223 e. The number of nitrogens with zero attached hydrogens (tertiary/aromatic N) is 3. The first-order valence-corrected chi connectivity index (χ1v) is 12.8. The zero-order chi connectivity index (χ0) is 22.7. The van der Waals surface area contributed by atoms with Crippen molar-refractivity contribution in [2.75, 3.05) is 32.7 Å². The van der Waals surface area contributed by atoms with E-state index in [1.54, 1.807) is 0 Å². The lowest BCUT2D eigenvalue weighted by atomic mass is 9.90. The van der Waals surface area contributed by atoms with Crippen LogP contribution in [0.3, 0.4) is 0 Å². The van der Waals surface area contributed by atoms with Crippen LogP contribution in [0.15, 0.2) is 35.7 Å². The van der Waals surface area contributed by atoms with E-state index in [0.29, 0.717) is 32.5 Å². The van der Waals surface area contributed by atoms with E-state index in [2.05, 4.69) is 54.5 Å². The van der Waals surface area contributed by atoms with Crippen LogP contribution in [0.25, 0.3) is 0 Å². The molecule has 5 nitrogen and oxygen atoms in total. The summed E-state index contributed by atoms with van der Waals surface area (Å²) in [4.78, 5) is 33.3. The number of aryl methyl sites for hydroxylation is 1. The van der Waals surface area contributed by atoms with Crippen molar-refractivity contribution in [2.24, 2.45) is 0 Å². The summed E-state index contributed by atoms with van der Waals surface area (Å²) in [5.74, 6) is 0.423. The van der Waals surface area contributed by atoms with E-state index in [4.69, 9.17) is 0 Å². The van der Waals surface area contributed by atoms with Gasteiger partial charge in [0.05, 0.1) is 6.04 Å². The summed E-state index contributed by atoms with van der Waals surface area (Å²) in [5.41, 5.74) is 4.05. The lowest BCUT2D eigenvalue weighted by Gasteiger charge is -2.41. The minimum absolute atomic E-state index is 0.0924. The van der Waals surface area contributed by atoms with Crippen LogP contribution < -0.4 is 0 Å². The number of rotatable bonds is 6. The summed E-state index contributed by atoms with van der Waals surface area (Å²) in [6.07, 6.45) is 3.04. The molecule has 4 rings (SSSR count). The van der Waals surface area contributed by atoms with Gasteiger partial charge in [-0.15, -0.1) is 11.3 Å². The summed E-state index contributed by atoms with van der Waals surface area (Å²) in [7, 11) is 0. The Morgan fingerprint density at radius 1 is 1.03 bits per heavy atom. The van der Waals surface area contributed by atoms with Gasteiger partial charge >= 0.3 is 0 Å². The van der Waals surface area contributed by atoms with Crippen LogP contribution in [0, 0.1) is 6.92 Å². The van der Waals surface area contributed by atoms with Crippen molar-refractivity contribution in [1.82, 2.24) is 14.7 Å². The molecule has 0 N–H and O–H groups in total. The Labute approximate surface area is 196 Å². The van der Waals surface area contributed by atoms with Crippen LogP contribution in [0.2, 0.25) is 0 Å². The predicted octanol–water partition coefficient (Wildman–Crippen LogP) is 4.25. The fraction of sp³-hybridized carbons (Fsp3) is 0.538. The van der Waals surface area contributed by atoms with E-state index in [1.807, 2.05) is 28.1 Å². The van der Waals surface area contributed by atoms with Gasteiger partial charge in [-0.1, -0.05) is 31.2 Å². The minimum atomic E-state index is 0.0924. The van der Waals surface area contributed by atoms with E-state index in [1.165, 1.54) is 21.6 Å². The van der Waals surface area contributed by atoms with Gasteiger partial charge in [0.25, 0.3) is 0 Å². The second-order valence-corrected chi connectivity index (χ2v) is 10.1. The smallest absolute Gasteiger partial charge is 0.223 e. The highest BCUT2D eigenvalue weighted by molar-refractivity contribution is 7.10. The molecular weight excluding hydrogens is 418 g/mol. The quantitative estimate of drug-likeness (QED) is 0.657. The topological polar surface area (TPSA) is 43.9 Å². The average molecular weight is 454 g/mol. The van der Waals surface area contributed by atoms with E-state index in [9.17, 15) is 9.59 Å². The maximum atomic E-state index is 13.1. The molecule has 172 valence electrons. The van der Waals surface area contributed by atoms with E-state index >= 15 is 0 Å². The van der Waals surface area contributed by atoms with E-state index in [0.717, 1.165) is 25.9 Å². The van der Waals surface area contributed by atoms with Crippen LogP contribution in [0.4, 0.5) is 0 Å². The second-order valence-electron chi connectivity index (χ2n) is 9.12. The molecule has 1 aromatic heterocycles. The highest BCUT2D eigenvalue weighted by Crippen LogP contribution is 2.38. The van der Waals surface area contributed by atoms with E-state index < -0.39 is 0 Å². The third-order valence-corrected chi connectivity index (χ3v) is 7.92. The summed E-state index contributed by atoms with van der Waals surface area (Å²) < 4.78 is 0. The number of piperazine rings is 1. The molecule has 2 aliphatic rings. The number of amides is 2. The second kappa shape index (κ2) is 10.2. The molecule has 1 aromatic carbocycles. The van der Waals surface area contributed by atoms with Crippen molar-refractivity contribution < 1.29 is 9.59 Å². The Bertz CT molecular complexity index is 956. The first-order chi connectivity index (χ1) is 15.5. The molecule has 2 aromatic rings. The Morgan fingerprint density at radius 2 is 1.84 bits per heavy atom. The zero-order valence-electron chi connectivity index (χ0n) is 19.5. The molecule has 0 saturated carbocycles. The van der Waals surface area contributed by atoms with Gasteiger partial charge in [-0.2, -0.15) is 0 Å². The SMILES string of the molecule is CCCC(=O)N1CCN(C(=O)CCN2CCc3sccc3C2c2ccccc2C)CC1C. The van der Waals surface area contributed by atoms with Crippen molar-refractivity contribution in [3.05, 3.63) is 57.3 Å². The van der Waals surface area contributed by atoms with Gasteiger partial charge in [0.1, 0.15) is 0 Å². The number of carbonyl (C=O) groups is 2. The Kier molecular flexibility index (Phi) is 7.31. The van der Waals surface area contributed by atoms with Gasteiger partial charge < -0.3 is 9.80 Å². The van der Waals surface area contributed by atoms with Crippen LogP contribution in [0.5, 0.6) is 0 Å². The molecule has 2 atom stereocenters. The molecule has 0 aliphatic carbocycles. The summed E-state index contributed by atoms with van der Waals surface area (Å²) in [6, 6.07) is 11.2. The molecule has 3 heterocycles. The summed E-state index contributed by atoms with van der Waals surface area (Å²) in [5, 5.41) is 2.20. The zero-order valence-corrected chi connectivity index (χ0v) is 20.4. The first-order valence-electron chi connectivity index (χ1n) is 11.9. The van der Waals surface area contributed by atoms with Gasteiger partial charge in [0.15, 0.2) is 0 Å². The molecule has 0 bridgehead atoms. The van der Waals surface area contributed by atoms with Gasteiger partial charge in [0.2, 0.25) is 11.8 Å². The number of fused-ring (bicyclic) bond motifs is 1. The third-order valence-electron chi connectivity index (χ3n) is 6.93. The average Bonchev–Trinajstić information content (AvgIpc) is 3.26. The standard InChI is InChI=1S/C26H35N3O2S/c1-4-7-25(31)29-16-15-28(18-20(29)3)24(30)11-14-27-13-10-23-22(12-17-32-23)26(27)21-9-6-5-8-19(21)2/h5-6,8-9,12,17,20,26H,4,7,10-11,13-16,18H2,1-3H3. The number of hydrogen-bond donors (Lipinski definition) is 0. The van der Waals surface area contributed by atoms with Crippen molar-refractivity contribution in [2.45, 2.75) is 58.5 Å². The highest BCUT2D eigenvalue weighted by atomic mass is 32.1. The maximum absolute atomic E-state index is 13.1. The molecule has 6 heteroatoms. The van der Waals surface area contributed by atoms with Crippen molar-refractivity contribution in [1.29, 1.82) is 0 Å². The Hall–Kier alpha value is -2.18. The van der Waals surface area contributed by atoms with Crippen molar-refractivity contribution in [3.8, 4) is 0 Å². The molecule has 1 saturated heterocycles. The molecule has 0 radical (unpaired) electrons. The summed E-state index contributed by atoms with van der Waals surface area (Å²) >= 11 is 1.85. The summed E-state index contributed by atoms with van der Waals surface area (Å²) in [6.45, 7) is 9.96. The first kappa shape index (κ1) is 23.0. The highest BCUT2D eigenvalue weighted by Gasteiger charge is 2.32. The van der Waals surface area contributed by atoms with Crippen molar-refractivity contribution >= 4 is 23.2 Å². The molecule has 2 amide bonds. The fourth-order valence-corrected chi connectivity index (χ4v) is 6.08. The third kappa shape index (κ3) is 4.76. The van der Waals surface area contributed by atoms with Crippen molar-refractivity contribution in [3.63, 3.8) is 0 Å². The molecular formula is C26H35N3O2S. The van der Waals surface area contributed by atoms with Crippen LogP contribution >= 0.6 is 11.3 Å². The number of benzene rings is 1. The largest absolute Gasteiger partial charge is 0.339 e. The molecule has 2 aliphatic heterocycles. The molecule has 2 unspecified atom stereocenters. The number of hydrogen-bond acceptors (Lipinski definition) is 4. The minimum Gasteiger partial charge on any atom is -0.339 e. The molecule has 1 fully saturated rings. The van der Waals surface area contributed by atoms with Gasteiger partial charge in [-0.25, -0.2) is 0 Å². The van der Waals surface area contributed by atoms with Crippen LogP contribution in [-0.2, 0) is 16.0 Å². The monoisotopic (exact) mass is 453 g/mol. The lowest BCUT2D eigenvalue weighted by molar-refractivity contribution is -0.142. The number of carbonyl (C=O) groups excluding carboxylic acids is 2. The van der Waals surface area contributed by atoms with Gasteiger partial charge in [-0.3, -0.25) is 14.5 Å².